The van der Waals surface area contributed by atoms with E-state index in [2.05, 4.69) is 5.32 Å². The van der Waals surface area contributed by atoms with E-state index in [0.717, 1.165) is 22.2 Å². The number of methoxy groups -OCH3 is 3. The lowest BCUT2D eigenvalue weighted by atomic mass is 10.0. The van der Waals surface area contributed by atoms with Crippen LogP contribution in [-0.4, -0.2) is 32.2 Å². The number of rotatable bonds is 6. The molecular weight excluding hydrogens is 392 g/mol. The highest BCUT2D eigenvalue weighted by atomic mass is 16.5. The number of carbonyl (C=O) groups is 1. The number of pyridine rings is 1. The van der Waals surface area contributed by atoms with E-state index >= 15 is 0 Å². The van der Waals surface area contributed by atoms with Gasteiger partial charge in [-0.2, -0.15) is 0 Å². The minimum atomic E-state index is -0.217. The highest BCUT2D eigenvalue weighted by Crippen LogP contribution is 2.33. The number of hydrogen-bond acceptors (Lipinski definition) is 5. The Balaban J connectivity index is 1.77. The summed E-state index contributed by atoms with van der Waals surface area (Å²) in [7, 11) is 4.78. The molecule has 0 atom stereocenters. The Morgan fingerprint density at radius 2 is 1.55 bits per heavy atom. The third-order valence-electron chi connectivity index (χ3n) is 4.99. The van der Waals surface area contributed by atoms with Crippen molar-refractivity contribution < 1.29 is 19.0 Å². The van der Waals surface area contributed by atoms with E-state index in [9.17, 15) is 4.79 Å². The number of nitrogens with one attached hydrogen (secondary N) is 1. The topological polar surface area (TPSA) is 69.7 Å². The monoisotopic (exact) mass is 414 g/mol. The van der Waals surface area contributed by atoms with Gasteiger partial charge in [0.2, 0.25) is 0 Å². The zero-order chi connectivity index (χ0) is 21.8. The zero-order valence-electron chi connectivity index (χ0n) is 17.5. The lowest BCUT2D eigenvalue weighted by Gasteiger charge is -2.13. The van der Waals surface area contributed by atoms with Gasteiger partial charge < -0.3 is 19.5 Å². The first kappa shape index (κ1) is 20.2. The number of carbonyl (C=O) groups excluding carboxylic acids is 1. The van der Waals surface area contributed by atoms with Crippen molar-refractivity contribution in [1.29, 1.82) is 0 Å². The molecule has 0 aliphatic carbocycles. The van der Waals surface area contributed by atoms with E-state index in [1.807, 2.05) is 42.5 Å². The molecule has 0 saturated carbocycles. The molecule has 0 unspecified atom stereocenters. The maximum atomic E-state index is 13.2. The number of hydrogen-bond donors (Lipinski definition) is 1. The van der Waals surface area contributed by atoms with Crippen molar-refractivity contribution in [2.45, 2.75) is 0 Å². The highest BCUT2D eigenvalue weighted by Gasteiger charge is 2.15. The Labute approximate surface area is 180 Å². The molecule has 0 aliphatic heterocycles. The second-order valence-electron chi connectivity index (χ2n) is 6.82. The minimum absolute atomic E-state index is 0.217. The Morgan fingerprint density at radius 1 is 0.806 bits per heavy atom. The summed E-state index contributed by atoms with van der Waals surface area (Å²) in [6.07, 6.45) is 0. The van der Waals surface area contributed by atoms with Crippen molar-refractivity contribution in [2.24, 2.45) is 0 Å². The molecule has 0 aliphatic rings. The summed E-state index contributed by atoms with van der Waals surface area (Å²) >= 11 is 0. The molecule has 4 aromatic rings. The molecule has 0 fully saturated rings. The first-order chi connectivity index (χ1) is 15.1. The summed E-state index contributed by atoms with van der Waals surface area (Å²) in [5, 5.41) is 3.73. The van der Waals surface area contributed by atoms with Crippen LogP contribution in [0.1, 0.15) is 10.4 Å². The second-order valence-corrected chi connectivity index (χ2v) is 6.82. The SMILES string of the molecule is COc1ccc(NC(=O)c2cc(-c3ccc(OC)c(OC)c3)nc3ccccc23)cc1. The number of ether oxygens (including phenoxy) is 3. The molecule has 1 aromatic heterocycles. The normalized spacial score (nSPS) is 10.5. The average Bonchev–Trinajstić information content (AvgIpc) is 2.83. The fourth-order valence-corrected chi connectivity index (χ4v) is 3.38. The number of fused-ring (bicyclic) bond motifs is 1. The van der Waals surface area contributed by atoms with Crippen LogP contribution in [0, 0.1) is 0 Å². The maximum absolute atomic E-state index is 13.2. The quantitative estimate of drug-likeness (QED) is 0.471. The lowest BCUT2D eigenvalue weighted by Crippen LogP contribution is -2.13. The number of benzene rings is 3. The van der Waals surface area contributed by atoms with Crippen LogP contribution in [0.15, 0.2) is 72.8 Å². The van der Waals surface area contributed by atoms with Gasteiger partial charge in [-0.3, -0.25) is 4.79 Å². The van der Waals surface area contributed by atoms with Crippen molar-refractivity contribution >= 4 is 22.5 Å². The first-order valence-corrected chi connectivity index (χ1v) is 9.70. The molecule has 0 spiro atoms. The molecule has 156 valence electrons. The molecule has 1 N–H and O–H groups in total. The van der Waals surface area contributed by atoms with Crippen LogP contribution < -0.4 is 19.5 Å². The lowest BCUT2D eigenvalue weighted by molar-refractivity contribution is 0.102. The van der Waals surface area contributed by atoms with Crippen molar-refractivity contribution in [3.05, 3.63) is 78.4 Å². The molecule has 3 aromatic carbocycles. The van der Waals surface area contributed by atoms with E-state index in [0.29, 0.717) is 28.4 Å². The fraction of sp³-hybridized carbons (Fsp3) is 0.120. The molecule has 6 nitrogen and oxygen atoms in total. The van der Waals surface area contributed by atoms with Crippen LogP contribution in [-0.2, 0) is 0 Å². The number of nitrogens with zero attached hydrogens (tertiary/aromatic N) is 1. The number of anilines is 1. The number of amides is 1. The molecule has 31 heavy (non-hydrogen) atoms. The van der Waals surface area contributed by atoms with Crippen LogP contribution in [0.2, 0.25) is 0 Å². The molecule has 1 heterocycles. The summed E-state index contributed by atoms with van der Waals surface area (Å²) in [4.78, 5) is 17.9. The Kier molecular flexibility index (Phi) is 5.71. The molecular formula is C25H22N2O4. The Bertz CT molecular complexity index is 1240. The molecule has 0 saturated heterocycles. The minimum Gasteiger partial charge on any atom is -0.497 e. The smallest absolute Gasteiger partial charge is 0.256 e. The van der Waals surface area contributed by atoms with Crippen LogP contribution >= 0.6 is 0 Å². The predicted octanol–water partition coefficient (Wildman–Crippen LogP) is 5.18. The van der Waals surface area contributed by atoms with Gasteiger partial charge in [0.05, 0.1) is 38.1 Å². The van der Waals surface area contributed by atoms with Crippen LogP contribution in [0.25, 0.3) is 22.2 Å². The zero-order valence-corrected chi connectivity index (χ0v) is 17.5. The van der Waals surface area contributed by atoms with E-state index in [1.54, 1.807) is 51.7 Å². The largest absolute Gasteiger partial charge is 0.497 e. The van der Waals surface area contributed by atoms with Gasteiger partial charge in [0.1, 0.15) is 5.75 Å². The van der Waals surface area contributed by atoms with Gasteiger partial charge in [-0.15, -0.1) is 0 Å². The van der Waals surface area contributed by atoms with Crippen molar-refractivity contribution in [2.75, 3.05) is 26.6 Å². The van der Waals surface area contributed by atoms with Gasteiger partial charge in [0, 0.05) is 16.6 Å². The molecule has 0 bridgehead atoms. The summed E-state index contributed by atoms with van der Waals surface area (Å²) in [6, 6.07) is 22.1. The van der Waals surface area contributed by atoms with E-state index in [4.69, 9.17) is 19.2 Å². The maximum Gasteiger partial charge on any atom is 0.256 e. The van der Waals surface area contributed by atoms with Crippen LogP contribution in [0.4, 0.5) is 5.69 Å². The Hall–Kier alpha value is -4.06. The summed E-state index contributed by atoms with van der Waals surface area (Å²) < 4.78 is 15.9. The third-order valence-corrected chi connectivity index (χ3v) is 4.99. The van der Waals surface area contributed by atoms with Gasteiger partial charge >= 0.3 is 0 Å². The van der Waals surface area contributed by atoms with Crippen LogP contribution in [0.3, 0.4) is 0 Å². The molecule has 6 heteroatoms. The van der Waals surface area contributed by atoms with Crippen molar-refractivity contribution in [3.8, 4) is 28.5 Å². The van der Waals surface area contributed by atoms with Crippen molar-refractivity contribution in [3.63, 3.8) is 0 Å². The second kappa shape index (κ2) is 8.75. The fourth-order valence-electron chi connectivity index (χ4n) is 3.38. The predicted molar refractivity (Wildman–Crippen MR) is 121 cm³/mol. The number of para-hydroxylation sites is 1. The van der Waals surface area contributed by atoms with Gasteiger partial charge in [-0.25, -0.2) is 4.98 Å². The van der Waals surface area contributed by atoms with Gasteiger partial charge in [-0.1, -0.05) is 18.2 Å². The molecule has 0 radical (unpaired) electrons. The summed E-state index contributed by atoms with van der Waals surface area (Å²) in [6.45, 7) is 0. The average molecular weight is 414 g/mol. The van der Waals surface area contributed by atoms with E-state index in [-0.39, 0.29) is 5.91 Å². The molecule has 1 amide bonds. The van der Waals surface area contributed by atoms with Crippen molar-refractivity contribution in [1.82, 2.24) is 4.98 Å². The van der Waals surface area contributed by atoms with Crippen LogP contribution in [0.5, 0.6) is 17.2 Å². The summed E-state index contributed by atoms with van der Waals surface area (Å²) in [5.41, 5.74) is 3.43. The Morgan fingerprint density at radius 3 is 2.26 bits per heavy atom. The summed E-state index contributed by atoms with van der Waals surface area (Å²) in [5.74, 6) is 1.73. The molecule has 4 rings (SSSR count). The van der Waals surface area contributed by atoms with Gasteiger partial charge in [-0.05, 0) is 54.6 Å². The standard InChI is InChI=1S/C25H22N2O4/c1-29-18-11-9-17(10-12-18)26-25(28)20-15-22(27-21-7-5-4-6-19(20)21)16-8-13-23(30-2)24(14-16)31-3/h4-15H,1-3H3,(H,26,28). The third kappa shape index (κ3) is 4.14. The van der Waals surface area contributed by atoms with Gasteiger partial charge in [0.25, 0.3) is 5.91 Å². The highest BCUT2D eigenvalue weighted by molar-refractivity contribution is 6.13. The number of aromatic nitrogens is 1. The van der Waals surface area contributed by atoms with E-state index in [1.165, 1.54) is 0 Å². The van der Waals surface area contributed by atoms with E-state index < -0.39 is 0 Å². The first-order valence-electron chi connectivity index (χ1n) is 9.70. The van der Waals surface area contributed by atoms with Gasteiger partial charge in [0.15, 0.2) is 11.5 Å².